The Balaban J connectivity index is 2.02. The van der Waals surface area contributed by atoms with Gasteiger partial charge in [0.05, 0.1) is 23.3 Å². The van der Waals surface area contributed by atoms with Crippen molar-refractivity contribution in [2.75, 3.05) is 13.2 Å². The van der Waals surface area contributed by atoms with Gasteiger partial charge in [0.1, 0.15) is 6.54 Å². The summed E-state index contributed by atoms with van der Waals surface area (Å²) in [5.74, 6) is -1.57. The molecule has 1 aliphatic rings. The summed E-state index contributed by atoms with van der Waals surface area (Å²) in [6.45, 7) is 3.44. The van der Waals surface area contributed by atoms with Crippen molar-refractivity contribution in [2.24, 2.45) is 0 Å². The predicted molar refractivity (Wildman–Crippen MR) is 107 cm³/mol. The first-order valence-corrected chi connectivity index (χ1v) is 10.1. The largest absolute Gasteiger partial charge is 0.461 e. The molecular formula is C20H20Cl2N2O5. The molecule has 0 N–H and O–H groups in total. The first kappa shape index (κ1) is 21.3. The summed E-state index contributed by atoms with van der Waals surface area (Å²) < 4.78 is 11.5. The highest BCUT2D eigenvalue weighted by Gasteiger charge is 2.38. The fourth-order valence-electron chi connectivity index (χ4n) is 3.01. The molecule has 1 heterocycles. The van der Waals surface area contributed by atoms with Gasteiger partial charge in [-0.1, -0.05) is 23.2 Å². The molecule has 0 amide bonds. The number of hydrogen-bond acceptors (Lipinski definition) is 6. The van der Waals surface area contributed by atoms with E-state index in [0.717, 1.165) is 12.8 Å². The fraction of sp³-hybridized carbons (Fsp3) is 0.400. The van der Waals surface area contributed by atoms with Gasteiger partial charge in [-0.05, 0) is 50.8 Å². The second-order valence-corrected chi connectivity index (χ2v) is 7.35. The maximum Gasteiger partial charge on any atom is 0.359 e. The van der Waals surface area contributed by atoms with Crippen LogP contribution in [0.15, 0.2) is 18.2 Å². The van der Waals surface area contributed by atoms with Crippen LogP contribution in [0.5, 0.6) is 0 Å². The number of Topliss-reactive ketones (excluding diaryl/α,β-unsaturated/α-hetero) is 1. The standard InChI is InChI=1S/C20H20Cl2N2O5/c1-3-28-19(26)17-16(11-5-6-11)18(20(27)29-4-2)24(23-17)10-15(25)12-7-8-13(21)14(22)9-12/h7-9,11H,3-6,10H2,1-2H3. The van der Waals surface area contributed by atoms with Gasteiger partial charge >= 0.3 is 11.9 Å². The average Bonchev–Trinajstić information content (AvgIpc) is 3.45. The SMILES string of the molecule is CCOC(=O)c1nn(CC(=O)c2ccc(Cl)c(Cl)c2)c(C(=O)OCC)c1C1CC1. The molecule has 1 fully saturated rings. The smallest absolute Gasteiger partial charge is 0.359 e. The third-order valence-corrected chi connectivity index (χ3v) is 5.19. The topological polar surface area (TPSA) is 87.5 Å². The lowest BCUT2D eigenvalue weighted by atomic mass is 10.1. The number of halogens is 2. The summed E-state index contributed by atoms with van der Waals surface area (Å²) in [6.07, 6.45) is 1.65. The number of rotatable bonds is 8. The Kier molecular flexibility index (Phi) is 6.59. The van der Waals surface area contributed by atoms with E-state index in [0.29, 0.717) is 16.1 Å². The van der Waals surface area contributed by atoms with Crippen molar-refractivity contribution in [3.8, 4) is 0 Å². The van der Waals surface area contributed by atoms with Crippen LogP contribution in [-0.4, -0.2) is 40.7 Å². The molecule has 0 radical (unpaired) electrons. The van der Waals surface area contributed by atoms with Crippen LogP contribution < -0.4 is 0 Å². The summed E-state index contributed by atoms with van der Waals surface area (Å²) in [5, 5.41) is 4.83. The fourth-order valence-corrected chi connectivity index (χ4v) is 3.31. The molecule has 1 saturated carbocycles. The first-order valence-electron chi connectivity index (χ1n) is 9.30. The van der Waals surface area contributed by atoms with Gasteiger partial charge in [0.2, 0.25) is 0 Å². The van der Waals surface area contributed by atoms with Gasteiger partial charge in [-0.15, -0.1) is 0 Å². The van der Waals surface area contributed by atoms with Crippen LogP contribution in [0.1, 0.15) is 69.5 Å². The van der Waals surface area contributed by atoms with Gasteiger partial charge in [-0.3, -0.25) is 4.79 Å². The number of aromatic nitrogens is 2. The Morgan fingerprint density at radius 1 is 1.07 bits per heavy atom. The summed E-state index contributed by atoms with van der Waals surface area (Å²) in [5.41, 5.74) is 0.976. The minimum absolute atomic E-state index is 0.0163. The quantitative estimate of drug-likeness (QED) is 0.450. The maximum absolute atomic E-state index is 12.8. The van der Waals surface area contributed by atoms with E-state index in [1.165, 1.54) is 22.9 Å². The van der Waals surface area contributed by atoms with Crippen molar-refractivity contribution in [3.63, 3.8) is 0 Å². The van der Waals surface area contributed by atoms with Crippen LogP contribution in [0.25, 0.3) is 0 Å². The normalized spacial score (nSPS) is 13.2. The van der Waals surface area contributed by atoms with Crippen molar-refractivity contribution in [2.45, 2.75) is 39.2 Å². The predicted octanol–water partition coefficient (Wildman–Crippen LogP) is 4.30. The molecule has 154 valence electrons. The average molecular weight is 439 g/mol. The molecule has 1 aromatic carbocycles. The Hall–Kier alpha value is -2.38. The molecule has 0 spiro atoms. The highest BCUT2D eigenvalue weighted by Crippen LogP contribution is 2.44. The number of nitrogens with zero attached hydrogens (tertiary/aromatic N) is 2. The molecule has 0 atom stereocenters. The number of hydrogen-bond donors (Lipinski definition) is 0. The van der Waals surface area contributed by atoms with Crippen molar-refractivity contribution in [3.05, 3.63) is 50.8 Å². The number of carbonyl (C=O) groups excluding carboxylic acids is 3. The number of esters is 2. The van der Waals surface area contributed by atoms with Crippen LogP contribution in [0.2, 0.25) is 10.0 Å². The number of benzene rings is 1. The van der Waals surface area contributed by atoms with Gasteiger partial charge in [-0.25, -0.2) is 14.3 Å². The molecule has 1 aliphatic carbocycles. The van der Waals surface area contributed by atoms with Crippen LogP contribution in [0.3, 0.4) is 0 Å². The first-order chi connectivity index (χ1) is 13.9. The van der Waals surface area contributed by atoms with E-state index in [1.54, 1.807) is 13.8 Å². The van der Waals surface area contributed by atoms with Crippen molar-refractivity contribution in [1.29, 1.82) is 0 Å². The van der Waals surface area contributed by atoms with Gasteiger partial charge in [0.15, 0.2) is 17.2 Å². The zero-order chi connectivity index (χ0) is 21.1. The van der Waals surface area contributed by atoms with E-state index in [2.05, 4.69) is 5.10 Å². The van der Waals surface area contributed by atoms with E-state index in [9.17, 15) is 14.4 Å². The van der Waals surface area contributed by atoms with Gasteiger partial charge in [-0.2, -0.15) is 5.10 Å². The second-order valence-electron chi connectivity index (χ2n) is 6.54. The lowest BCUT2D eigenvalue weighted by Gasteiger charge is -2.09. The lowest BCUT2D eigenvalue weighted by molar-refractivity contribution is 0.0505. The molecule has 7 nitrogen and oxygen atoms in total. The Bertz CT molecular complexity index is 966. The highest BCUT2D eigenvalue weighted by molar-refractivity contribution is 6.42. The Morgan fingerprint density at radius 3 is 2.31 bits per heavy atom. The van der Waals surface area contributed by atoms with Gasteiger partial charge < -0.3 is 9.47 Å². The summed E-state index contributed by atoms with van der Waals surface area (Å²) >= 11 is 11.9. The molecule has 0 saturated heterocycles. The summed E-state index contributed by atoms with van der Waals surface area (Å²) in [4.78, 5) is 37.8. The van der Waals surface area contributed by atoms with E-state index in [4.69, 9.17) is 32.7 Å². The van der Waals surface area contributed by atoms with Crippen molar-refractivity contribution in [1.82, 2.24) is 9.78 Å². The Morgan fingerprint density at radius 2 is 1.72 bits per heavy atom. The summed E-state index contributed by atoms with van der Waals surface area (Å²) in [7, 11) is 0. The third kappa shape index (κ3) is 4.62. The Labute approximate surface area is 177 Å². The zero-order valence-electron chi connectivity index (χ0n) is 16.0. The van der Waals surface area contributed by atoms with Gasteiger partial charge in [0.25, 0.3) is 0 Å². The minimum atomic E-state index is -0.626. The van der Waals surface area contributed by atoms with Crippen LogP contribution in [-0.2, 0) is 16.0 Å². The number of carbonyl (C=O) groups is 3. The molecule has 0 aliphatic heterocycles. The molecule has 9 heteroatoms. The summed E-state index contributed by atoms with van der Waals surface area (Å²) in [6, 6.07) is 4.51. The third-order valence-electron chi connectivity index (χ3n) is 4.45. The van der Waals surface area contributed by atoms with E-state index < -0.39 is 11.9 Å². The molecule has 2 aromatic rings. The van der Waals surface area contributed by atoms with Crippen LogP contribution in [0, 0.1) is 0 Å². The zero-order valence-corrected chi connectivity index (χ0v) is 17.5. The molecular weight excluding hydrogens is 419 g/mol. The van der Waals surface area contributed by atoms with Crippen molar-refractivity contribution >= 4 is 40.9 Å². The maximum atomic E-state index is 12.8. The van der Waals surface area contributed by atoms with Gasteiger partial charge in [0, 0.05) is 11.1 Å². The van der Waals surface area contributed by atoms with Crippen molar-refractivity contribution < 1.29 is 23.9 Å². The molecule has 29 heavy (non-hydrogen) atoms. The van der Waals surface area contributed by atoms with E-state index in [1.807, 2.05) is 0 Å². The molecule has 1 aromatic heterocycles. The van der Waals surface area contributed by atoms with E-state index >= 15 is 0 Å². The molecule has 0 bridgehead atoms. The molecule has 3 rings (SSSR count). The van der Waals surface area contributed by atoms with E-state index in [-0.39, 0.29) is 47.9 Å². The number of ether oxygens (including phenoxy) is 2. The monoisotopic (exact) mass is 438 g/mol. The lowest BCUT2D eigenvalue weighted by Crippen LogP contribution is -2.19. The second kappa shape index (κ2) is 8.97. The molecule has 0 unspecified atom stereocenters. The highest BCUT2D eigenvalue weighted by atomic mass is 35.5. The van der Waals surface area contributed by atoms with Crippen LogP contribution >= 0.6 is 23.2 Å². The number of ketones is 1. The van der Waals surface area contributed by atoms with Crippen LogP contribution in [0.4, 0.5) is 0 Å². The minimum Gasteiger partial charge on any atom is -0.461 e.